The highest BCUT2D eigenvalue weighted by Gasteiger charge is 2.15. The van der Waals surface area contributed by atoms with Crippen LogP contribution in [0.1, 0.15) is 31.0 Å². The first kappa shape index (κ1) is 22.5. The summed E-state index contributed by atoms with van der Waals surface area (Å²) in [4.78, 5) is 24.0. The van der Waals surface area contributed by atoms with E-state index in [1.807, 2.05) is 43.3 Å². The Morgan fingerprint density at radius 2 is 1.90 bits per heavy atom. The van der Waals surface area contributed by atoms with Crippen molar-refractivity contribution < 1.29 is 23.8 Å². The van der Waals surface area contributed by atoms with E-state index in [1.165, 1.54) is 13.2 Å². The smallest absolute Gasteiger partial charge is 0.344 e. The fraction of sp³-hybridized carbons (Fsp3) is 0.261. The monoisotopic (exact) mass is 408 g/mol. The minimum atomic E-state index is -0.487. The van der Waals surface area contributed by atoms with Crippen LogP contribution >= 0.6 is 0 Å². The minimum absolute atomic E-state index is 0.0416. The first-order chi connectivity index (χ1) is 14.5. The van der Waals surface area contributed by atoms with Crippen LogP contribution in [0.5, 0.6) is 11.5 Å². The second-order valence-electron chi connectivity index (χ2n) is 6.28. The number of methoxy groups -OCH3 is 1. The van der Waals surface area contributed by atoms with E-state index in [-0.39, 0.29) is 24.8 Å². The molecule has 0 radical (unpaired) electrons. The van der Waals surface area contributed by atoms with Crippen LogP contribution < -0.4 is 14.8 Å². The molecule has 0 saturated carbocycles. The number of hydrogen-bond donors (Lipinski definition) is 1. The Morgan fingerprint density at radius 1 is 1.17 bits per heavy atom. The maximum atomic E-state index is 12.5. The predicted octanol–water partition coefficient (Wildman–Crippen LogP) is 3.42. The summed E-state index contributed by atoms with van der Waals surface area (Å²) >= 11 is 0. The second kappa shape index (κ2) is 11.3. The van der Waals surface area contributed by atoms with Gasteiger partial charge in [0.2, 0.25) is 0 Å². The molecule has 2 aromatic carbocycles. The van der Waals surface area contributed by atoms with Crippen LogP contribution in [-0.4, -0.2) is 32.2 Å². The van der Waals surface area contributed by atoms with Crippen molar-refractivity contribution in [1.82, 2.24) is 5.32 Å². The summed E-state index contributed by atoms with van der Waals surface area (Å²) < 4.78 is 15.5. The highest BCUT2D eigenvalue weighted by Crippen LogP contribution is 2.29. The molecule has 0 aliphatic carbocycles. The Bertz CT molecular complexity index is 948. The van der Waals surface area contributed by atoms with E-state index >= 15 is 0 Å². The molecule has 156 valence electrons. The number of nitriles is 1. The first-order valence-electron chi connectivity index (χ1n) is 9.42. The number of ether oxygens (including phenoxy) is 3. The Kier molecular flexibility index (Phi) is 8.45. The van der Waals surface area contributed by atoms with Crippen molar-refractivity contribution in [2.45, 2.75) is 19.9 Å². The Labute approximate surface area is 175 Å². The summed E-state index contributed by atoms with van der Waals surface area (Å²) in [5.41, 5.74) is 1.47. The van der Waals surface area contributed by atoms with Crippen LogP contribution in [0.15, 0.2) is 54.1 Å². The van der Waals surface area contributed by atoms with Gasteiger partial charge in [0.15, 0.2) is 18.1 Å². The van der Waals surface area contributed by atoms with Crippen molar-refractivity contribution in [3.63, 3.8) is 0 Å². The first-order valence-corrected chi connectivity index (χ1v) is 9.42. The summed E-state index contributed by atoms with van der Waals surface area (Å²) in [5.74, 6) is -0.248. The Balaban J connectivity index is 2.13. The maximum Gasteiger partial charge on any atom is 0.344 e. The van der Waals surface area contributed by atoms with Crippen molar-refractivity contribution in [2.75, 3.05) is 20.3 Å². The van der Waals surface area contributed by atoms with Crippen LogP contribution in [0.2, 0.25) is 0 Å². The number of rotatable bonds is 9. The molecule has 1 atom stereocenters. The molecular weight excluding hydrogens is 384 g/mol. The normalized spacial score (nSPS) is 11.7. The van der Waals surface area contributed by atoms with Gasteiger partial charge in [-0.2, -0.15) is 5.26 Å². The number of esters is 1. The zero-order chi connectivity index (χ0) is 21.9. The quantitative estimate of drug-likeness (QED) is 0.388. The van der Waals surface area contributed by atoms with Gasteiger partial charge >= 0.3 is 5.97 Å². The van der Waals surface area contributed by atoms with E-state index in [9.17, 15) is 14.9 Å². The molecule has 0 saturated heterocycles. The lowest BCUT2D eigenvalue weighted by Crippen LogP contribution is -2.27. The molecular formula is C23H24N2O5. The average Bonchev–Trinajstić information content (AvgIpc) is 2.76. The van der Waals surface area contributed by atoms with Crippen LogP contribution in [0.25, 0.3) is 6.08 Å². The second-order valence-corrected chi connectivity index (χ2v) is 6.28. The number of hydrogen-bond acceptors (Lipinski definition) is 6. The van der Waals surface area contributed by atoms with Crippen molar-refractivity contribution in [2.24, 2.45) is 0 Å². The van der Waals surface area contributed by atoms with Gasteiger partial charge in [-0.15, -0.1) is 0 Å². The number of nitrogens with zero attached hydrogens (tertiary/aromatic N) is 1. The number of carbonyl (C=O) groups excluding carboxylic acids is 2. The standard InChI is InChI=1S/C23H24N2O5/c1-4-29-22(26)15-30-20-11-10-17(13-21(20)28-3)12-19(14-24)23(27)25-16(2)18-8-6-5-7-9-18/h5-13,16H,4,15H2,1-3H3,(H,25,27)/b19-12+. The summed E-state index contributed by atoms with van der Waals surface area (Å²) in [6, 6.07) is 16.0. The zero-order valence-electron chi connectivity index (χ0n) is 17.2. The van der Waals surface area contributed by atoms with Gasteiger partial charge in [0.05, 0.1) is 19.8 Å². The SMILES string of the molecule is CCOC(=O)COc1ccc(/C=C(\C#N)C(=O)NC(C)c2ccccc2)cc1OC. The highest BCUT2D eigenvalue weighted by molar-refractivity contribution is 6.01. The van der Waals surface area contributed by atoms with E-state index in [0.717, 1.165) is 5.56 Å². The third-order valence-corrected chi connectivity index (χ3v) is 4.16. The molecule has 0 aliphatic heterocycles. The number of carbonyl (C=O) groups is 2. The van der Waals surface area contributed by atoms with Gasteiger partial charge in [-0.25, -0.2) is 4.79 Å². The Morgan fingerprint density at radius 3 is 2.53 bits per heavy atom. The van der Waals surface area contributed by atoms with Crippen LogP contribution in [0.3, 0.4) is 0 Å². The van der Waals surface area contributed by atoms with Gasteiger partial charge in [0.25, 0.3) is 5.91 Å². The molecule has 30 heavy (non-hydrogen) atoms. The van der Waals surface area contributed by atoms with Gasteiger partial charge < -0.3 is 19.5 Å². The van der Waals surface area contributed by atoms with Crippen molar-refractivity contribution in [1.29, 1.82) is 5.26 Å². The predicted molar refractivity (Wildman–Crippen MR) is 112 cm³/mol. The van der Waals surface area contributed by atoms with E-state index in [2.05, 4.69) is 5.32 Å². The third-order valence-electron chi connectivity index (χ3n) is 4.16. The zero-order valence-corrected chi connectivity index (χ0v) is 17.2. The number of amides is 1. The van der Waals surface area contributed by atoms with Crippen molar-refractivity contribution in [3.8, 4) is 17.6 Å². The number of benzene rings is 2. The third kappa shape index (κ3) is 6.38. The molecule has 0 heterocycles. The molecule has 1 N–H and O–H groups in total. The van der Waals surface area contributed by atoms with E-state index in [0.29, 0.717) is 17.1 Å². The topological polar surface area (TPSA) is 97.7 Å². The van der Waals surface area contributed by atoms with E-state index in [4.69, 9.17) is 14.2 Å². The number of nitrogens with one attached hydrogen (secondary N) is 1. The maximum absolute atomic E-state index is 12.5. The van der Waals surface area contributed by atoms with E-state index < -0.39 is 11.9 Å². The molecule has 1 unspecified atom stereocenters. The van der Waals surface area contributed by atoms with Crippen molar-refractivity contribution in [3.05, 3.63) is 65.2 Å². The van der Waals surface area contributed by atoms with Gasteiger partial charge in [-0.1, -0.05) is 36.4 Å². The van der Waals surface area contributed by atoms with Gasteiger partial charge in [-0.3, -0.25) is 4.79 Å². The molecule has 7 nitrogen and oxygen atoms in total. The molecule has 0 bridgehead atoms. The lowest BCUT2D eigenvalue weighted by molar-refractivity contribution is -0.145. The molecule has 0 fully saturated rings. The summed E-state index contributed by atoms with van der Waals surface area (Å²) in [6.45, 7) is 3.58. The summed E-state index contributed by atoms with van der Waals surface area (Å²) in [6.07, 6.45) is 1.46. The fourth-order valence-electron chi connectivity index (χ4n) is 2.65. The molecule has 2 aromatic rings. The lowest BCUT2D eigenvalue weighted by atomic mass is 10.1. The molecule has 0 spiro atoms. The molecule has 0 aliphatic rings. The van der Waals surface area contributed by atoms with Crippen molar-refractivity contribution >= 4 is 18.0 Å². The molecule has 2 rings (SSSR count). The largest absolute Gasteiger partial charge is 0.493 e. The van der Waals surface area contributed by atoms with Gasteiger partial charge in [-0.05, 0) is 43.2 Å². The van der Waals surface area contributed by atoms with Gasteiger partial charge in [0.1, 0.15) is 11.6 Å². The summed E-state index contributed by atoms with van der Waals surface area (Å²) in [7, 11) is 1.46. The lowest BCUT2D eigenvalue weighted by Gasteiger charge is -2.14. The Hall–Kier alpha value is -3.79. The van der Waals surface area contributed by atoms with Crippen LogP contribution in [0, 0.1) is 11.3 Å². The molecule has 0 aromatic heterocycles. The van der Waals surface area contributed by atoms with Gasteiger partial charge in [0, 0.05) is 0 Å². The van der Waals surface area contributed by atoms with Crippen LogP contribution in [-0.2, 0) is 14.3 Å². The molecule has 1 amide bonds. The fourth-order valence-corrected chi connectivity index (χ4v) is 2.65. The summed E-state index contributed by atoms with van der Waals surface area (Å²) in [5, 5.41) is 12.2. The average molecular weight is 408 g/mol. The minimum Gasteiger partial charge on any atom is -0.493 e. The highest BCUT2D eigenvalue weighted by atomic mass is 16.6. The molecule has 7 heteroatoms. The van der Waals surface area contributed by atoms with E-state index in [1.54, 1.807) is 25.1 Å². The van der Waals surface area contributed by atoms with Crippen LogP contribution in [0.4, 0.5) is 0 Å².